The molecule has 2 fully saturated rings. The van der Waals surface area contributed by atoms with Crippen LogP contribution >= 0.6 is 0 Å². The number of rotatable bonds is 1. The van der Waals surface area contributed by atoms with Gasteiger partial charge in [0.05, 0.1) is 25.8 Å². The third-order valence-electron chi connectivity index (χ3n) is 5.77. The molecule has 0 saturated carbocycles. The summed E-state index contributed by atoms with van der Waals surface area (Å²) in [6, 6.07) is 7.41. The number of hydrogen-bond donors (Lipinski definition) is 1. The van der Waals surface area contributed by atoms with E-state index in [9.17, 15) is 9.59 Å². The normalized spacial score (nSPS) is 27.0. The summed E-state index contributed by atoms with van der Waals surface area (Å²) in [5, 5.41) is 1.12. The molecular weight excluding hydrogens is 334 g/mol. The van der Waals surface area contributed by atoms with E-state index in [1.807, 2.05) is 18.2 Å². The van der Waals surface area contributed by atoms with E-state index in [1.165, 1.54) is 4.90 Å². The number of carbonyl (C=O) groups excluding carboxylic acids is 2. The Bertz CT molecular complexity index is 886. The molecule has 4 heterocycles. The molecule has 136 valence electrons. The summed E-state index contributed by atoms with van der Waals surface area (Å²) in [6.07, 6.45) is 0.541. The Kier molecular flexibility index (Phi) is 3.55. The number of benzene rings is 1. The van der Waals surface area contributed by atoms with Gasteiger partial charge in [0.25, 0.3) is 0 Å². The highest BCUT2D eigenvalue weighted by Gasteiger charge is 2.49. The van der Waals surface area contributed by atoms with Gasteiger partial charge < -0.3 is 24.3 Å². The van der Waals surface area contributed by atoms with Crippen molar-refractivity contribution < 1.29 is 19.1 Å². The fourth-order valence-electron chi connectivity index (χ4n) is 4.62. The van der Waals surface area contributed by atoms with E-state index in [2.05, 4.69) is 11.1 Å². The van der Waals surface area contributed by atoms with Crippen LogP contribution in [0.15, 0.2) is 24.3 Å². The summed E-state index contributed by atoms with van der Waals surface area (Å²) in [5.74, 6) is -0.0151. The Morgan fingerprint density at radius 2 is 1.92 bits per heavy atom. The minimum atomic E-state index is -0.458. The Hall–Kier alpha value is -2.38. The van der Waals surface area contributed by atoms with Gasteiger partial charge >= 0.3 is 0 Å². The molecule has 2 unspecified atom stereocenters. The van der Waals surface area contributed by atoms with E-state index in [0.717, 1.165) is 22.2 Å². The number of ether oxygens (including phenoxy) is 2. The van der Waals surface area contributed by atoms with E-state index in [1.54, 1.807) is 11.9 Å². The van der Waals surface area contributed by atoms with Crippen molar-refractivity contribution in [3.8, 4) is 0 Å². The molecule has 2 aromatic rings. The van der Waals surface area contributed by atoms with Crippen molar-refractivity contribution in [3.05, 3.63) is 35.5 Å². The summed E-state index contributed by atoms with van der Waals surface area (Å²) in [7, 11) is 1.70. The maximum atomic E-state index is 12.9. The number of nitrogens with one attached hydrogen (secondary N) is 1. The van der Waals surface area contributed by atoms with E-state index >= 15 is 0 Å². The number of aromatic amines is 1. The van der Waals surface area contributed by atoms with E-state index in [4.69, 9.17) is 9.47 Å². The molecule has 0 spiro atoms. The van der Waals surface area contributed by atoms with Gasteiger partial charge in [-0.1, -0.05) is 18.2 Å². The summed E-state index contributed by atoms with van der Waals surface area (Å²) >= 11 is 0. The Morgan fingerprint density at radius 1 is 1.15 bits per heavy atom. The van der Waals surface area contributed by atoms with Crippen LogP contribution in [0.3, 0.4) is 0 Å². The first-order valence-electron chi connectivity index (χ1n) is 8.96. The minimum absolute atomic E-state index is 0.00137. The maximum absolute atomic E-state index is 12.9. The van der Waals surface area contributed by atoms with Crippen molar-refractivity contribution in [1.29, 1.82) is 0 Å². The standard InChI is InChI=1S/C19H21N3O4/c1-21-7-16(23)22-15(19(21)24)6-13-12-4-2-3-5-14(12)20-17(13)18(22)11-8-25-10-26-9-11/h2-5,11,15,18,20H,6-10H2,1H3. The number of fused-ring (bicyclic) bond motifs is 4. The van der Waals surface area contributed by atoms with Gasteiger partial charge in [0.1, 0.15) is 12.8 Å². The molecule has 0 aliphatic carbocycles. The average molecular weight is 355 g/mol. The molecule has 0 bridgehead atoms. The van der Waals surface area contributed by atoms with Crippen molar-refractivity contribution in [1.82, 2.24) is 14.8 Å². The predicted molar refractivity (Wildman–Crippen MR) is 93.3 cm³/mol. The van der Waals surface area contributed by atoms with Crippen LogP contribution in [-0.2, 0) is 25.5 Å². The molecule has 1 aromatic heterocycles. The third kappa shape index (κ3) is 2.20. The topological polar surface area (TPSA) is 74.9 Å². The van der Waals surface area contributed by atoms with Crippen LogP contribution in [0.2, 0.25) is 0 Å². The second-order valence-electron chi connectivity index (χ2n) is 7.34. The first kappa shape index (κ1) is 15.8. The lowest BCUT2D eigenvalue weighted by molar-refractivity contribution is -0.171. The Balaban J connectivity index is 1.69. The highest BCUT2D eigenvalue weighted by molar-refractivity contribution is 5.97. The van der Waals surface area contributed by atoms with Crippen molar-refractivity contribution in [2.75, 3.05) is 33.6 Å². The zero-order valence-electron chi connectivity index (χ0n) is 14.6. The van der Waals surface area contributed by atoms with Crippen molar-refractivity contribution in [2.24, 2.45) is 5.92 Å². The quantitative estimate of drug-likeness (QED) is 0.830. The second kappa shape index (κ2) is 5.82. The summed E-state index contributed by atoms with van der Waals surface area (Å²) in [6.45, 7) is 1.43. The van der Waals surface area contributed by atoms with Crippen LogP contribution in [0, 0.1) is 5.92 Å². The zero-order chi connectivity index (χ0) is 17.8. The molecule has 1 N–H and O–H groups in total. The number of piperazine rings is 1. The molecular formula is C19H21N3O4. The van der Waals surface area contributed by atoms with Crippen LogP contribution in [0.1, 0.15) is 17.3 Å². The van der Waals surface area contributed by atoms with Gasteiger partial charge in [-0.15, -0.1) is 0 Å². The van der Waals surface area contributed by atoms with Gasteiger partial charge in [-0.05, 0) is 11.6 Å². The van der Waals surface area contributed by atoms with Crippen molar-refractivity contribution >= 4 is 22.7 Å². The maximum Gasteiger partial charge on any atom is 0.245 e. The van der Waals surface area contributed by atoms with Gasteiger partial charge in [-0.3, -0.25) is 9.59 Å². The highest BCUT2D eigenvalue weighted by Crippen LogP contribution is 2.43. The number of H-pyrrole nitrogens is 1. The molecule has 2 atom stereocenters. The second-order valence-corrected chi connectivity index (χ2v) is 7.34. The Morgan fingerprint density at radius 3 is 2.73 bits per heavy atom. The summed E-state index contributed by atoms with van der Waals surface area (Å²) in [4.78, 5) is 32.6. The molecule has 5 rings (SSSR count). The molecule has 7 nitrogen and oxygen atoms in total. The number of carbonyl (C=O) groups is 2. The molecule has 2 amide bonds. The van der Waals surface area contributed by atoms with Gasteiger partial charge in [-0.2, -0.15) is 0 Å². The van der Waals surface area contributed by atoms with Gasteiger partial charge in [-0.25, -0.2) is 0 Å². The third-order valence-corrected chi connectivity index (χ3v) is 5.77. The van der Waals surface area contributed by atoms with Crippen LogP contribution in [0.5, 0.6) is 0 Å². The largest absolute Gasteiger partial charge is 0.356 e. The number of para-hydroxylation sites is 1. The van der Waals surface area contributed by atoms with E-state index < -0.39 is 6.04 Å². The van der Waals surface area contributed by atoms with E-state index in [0.29, 0.717) is 19.6 Å². The highest BCUT2D eigenvalue weighted by atomic mass is 16.7. The minimum Gasteiger partial charge on any atom is -0.356 e. The summed E-state index contributed by atoms with van der Waals surface area (Å²) in [5.41, 5.74) is 3.19. The molecule has 2 saturated heterocycles. The lowest BCUT2D eigenvalue weighted by Gasteiger charge is -2.48. The lowest BCUT2D eigenvalue weighted by Crippen LogP contribution is -2.63. The van der Waals surface area contributed by atoms with Crippen molar-refractivity contribution in [3.63, 3.8) is 0 Å². The number of likely N-dealkylation sites (N-methyl/N-ethyl adjacent to an activating group) is 1. The number of nitrogens with zero attached hydrogens (tertiary/aromatic N) is 2. The zero-order valence-corrected chi connectivity index (χ0v) is 14.6. The van der Waals surface area contributed by atoms with Crippen LogP contribution in [-0.4, -0.2) is 66.2 Å². The molecule has 3 aliphatic rings. The first-order chi connectivity index (χ1) is 12.6. The fraction of sp³-hybridized carbons (Fsp3) is 0.474. The SMILES string of the molecule is CN1CC(=O)N2C(Cc3c([nH]c4ccccc34)C2C2COCOC2)C1=O. The predicted octanol–water partition coefficient (Wildman–Crippen LogP) is 1.05. The lowest BCUT2D eigenvalue weighted by atomic mass is 9.84. The van der Waals surface area contributed by atoms with Crippen LogP contribution in [0.4, 0.5) is 0 Å². The molecule has 1 aromatic carbocycles. The monoisotopic (exact) mass is 355 g/mol. The van der Waals surface area contributed by atoms with E-state index in [-0.39, 0.29) is 37.1 Å². The molecule has 0 radical (unpaired) electrons. The summed E-state index contributed by atoms with van der Waals surface area (Å²) < 4.78 is 11.0. The van der Waals surface area contributed by atoms with Crippen molar-refractivity contribution in [2.45, 2.75) is 18.5 Å². The average Bonchev–Trinajstić information content (AvgIpc) is 3.03. The van der Waals surface area contributed by atoms with Crippen LogP contribution in [0.25, 0.3) is 10.9 Å². The van der Waals surface area contributed by atoms with Gasteiger partial charge in [0.15, 0.2) is 0 Å². The van der Waals surface area contributed by atoms with Crippen LogP contribution < -0.4 is 0 Å². The molecule has 3 aliphatic heterocycles. The molecule has 7 heteroatoms. The smallest absolute Gasteiger partial charge is 0.245 e. The number of hydrogen-bond acceptors (Lipinski definition) is 4. The number of aromatic nitrogens is 1. The Labute approximate surface area is 150 Å². The van der Waals surface area contributed by atoms with Gasteiger partial charge in [0, 0.05) is 36.0 Å². The molecule has 26 heavy (non-hydrogen) atoms. The first-order valence-corrected chi connectivity index (χ1v) is 8.96. The fourth-order valence-corrected chi connectivity index (χ4v) is 4.62. The van der Waals surface area contributed by atoms with Gasteiger partial charge in [0.2, 0.25) is 11.8 Å². The number of amides is 2.